The number of benzene rings is 1. The van der Waals surface area contributed by atoms with Crippen molar-refractivity contribution in [2.24, 2.45) is 23.5 Å². The Morgan fingerprint density at radius 3 is 2.39 bits per heavy atom. The Hall–Kier alpha value is -2.12. The first kappa shape index (κ1) is 22.2. The molecule has 154 valence electrons. The van der Waals surface area contributed by atoms with Crippen LogP contribution in [0, 0.1) is 17.8 Å². The highest BCUT2D eigenvalue weighted by molar-refractivity contribution is 5.98. The minimum Gasteiger partial charge on any atom is -0.464 e. The van der Waals surface area contributed by atoms with Gasteiger partial charge >= 0.3 is 5.97 Å². The van der Waals surface area contributed by atoms with Crippen molar-refractivity contribution in [3.8, 4) is 0 Å². The van der Waals surface area contributed by atoms with Gasteiger partial charge in [-0.05, 0) is 69.2 Å². The summed E-state index contributed by atoms with van der Waals surface area (Å²) in [5, 5.41) is 5.51. The molecule has 0 aromatic heterocycles. The van der Waals surface area contributed by atoms with Gasteiger partial charge in [0.2, 0.25) is 5.91 Å². The number of rotatable bonds is 6. The van der Waals surface area contributed by atoms with Crippen LogP contribution in [0.15, 0.2) is 24.3 Å². The van der Waals surface area contributed by atoms with Gasteiger partial charge in [-0.3, -0.25) is 9.59 Å². The van der Waals surface area contributed by atoms with Gasteiger partial charge in [0.1, 0.15) is 6.04 Å². The average molecular weight is 410 g/mol. The second-order valence-electron chi connectivity index (χ2n) is 7.45. The van der Waals surface area contributed by atoms with Crippen LogP contribution in [0.3, 0.4) is 0 Å². The Balaban J connectivity index is 0.00000280. The van der Waals surface area contributed by atoms with Crippen molar-refractivity contribution in [2.75, 3.05) is 11.9 Å². The van der Waals surface area contributed by atoms with E-state index in [0.717, 1.165) is 19.3 Å². The van der Waals surface area contributed by atoms with Crippen molar-refractivity contribution >= 4 is 35.9 Å². The van der Waals surface area contributed by atoms with Crippen LogP contribution in [-0.2, 0) is 14.3 Å². The Morgan fingerprint density at radius 2 is 1.82 bits per heavy atom. The summed E-state index contributed by atoms with van der Waals surface area (Å²) in [4.78, 5) is 36.4. The standard InChI is InChI=1S/C20H27N3O4.ClH/c1-3-27-20(26)11(2)22-18(24)12-6-8-15(9-7-12)23-19(25)16-13-4-5-14(10-13)17(16)21;/h6-9,11,13-14,16-17H,3-5,10,21H2,1-2H3,(H,22,24)(H,23,25);1H. The molecule has 1 aromatic rings. The smallest absolute Gasteiger partial charge is 0.328 e. The molecule has 0 radical (unpaired) electrons. The molecule has 5 atom stereocenters. The van der Waals surface area contributed by atoms with E-state index in [1.54, 1.807) is 38.1 Å². The van der Waals surface area contributed by atoms with Crippen molar-refractivity contribution in [2.45, 2.75) is 45.2 Å². The topological polar surface area (TPSA) is 111 Å². The van der Waals surface area contributed by atoms with Crippen molar-refractivity contribution < 1.29 is 19.1 Å². The highest BCUT2D eigenvalue weighted by atomic mass is 35.5. The van der Waals surface area contributed by atoms with Gasteiger partial charge in [-0.25, -0.2) is 4.79 Å². The van der Waals surface area contributed by atoms with Crippen molar-refractivity contribution in [3.63, 3.8) is 0 Å². The largest absolute Gasteiger partial charge is 0.464 e. The Morgan fingerprint density at radius 1 is 1.18 bits per heavy atom. The van der Waals surface area contributed by atoms with Crippen molar-refractivity contribution in [3.05, 3.63) is 29.8 Å². The molecule has 2 aliphatic carbocycles. The summed E-state index contributed by atoms with van der Waals surface area (Å²) in [6.07, 6.45) is 3.26. The van der Waals surface area contributed by atoms with Gasteiger partial charge in [0.25, 0.3) is 5.91 Å². The van der Waals surface area contributed by atoms with E-state index in [-0.39, 0.29) is 42.8 Å². The number of ether oxygens (including phenoxy) is 1. The van der Waals surface area contributed by atoms with E-state index < -0.39 is 12.0 Å². The molecule has 1 aromatic carbocycles. The lowest BCUT2D eigenvalue weighted by atomic mass is 9.84. The summed E-state index contributed by atoms with van der Waals surface area (Å²) in [6.45, 7) is 3.55. The molecule has 2 fully saturated rings. The zero-order valence-electron chi connectivity index (χ0n) is 16.1. The predicted molar refractivity (Wildman–Crippen MR) is 108 cm³/mol. The second-order valence-corrected chi connectivity index (χ2v) is 7.45. The molecule has 2 saturated carbocycles. The van der Waals surface area contributed by atoms with Crippen LogP contribution in [0.25, 0.3) is 0 Å². The van der Waals surface area contributed by atoms with E-state index in [2.05, 4.69) is 10.6 Å². The van der Waals surface area contributed by atoms with Crippen molar-refractivity contribution in [1.82, 2.24) is 5.32 Å². The molecule has 8 heteroatoms. The number of fused-ring (bicyclic) bond motifs is 2. The molecule has 2 aliphatic rings. The van der Waals surface area contributed by atoms with Gasteiger partial charge in [0.15, 0.2) is 0 Å². The molecule has 3 rings (SSSR count). The molecule has 4 N–H and O–H groups in total. The maximum Gasteiger partial charge on any atom is 0.328 e. The molecule has 7 nitrogen and oxygen atoms in total. The molecule has 5 unspecified atom stereocenters. The zero-order valence-corrected chi connectivity index (χ0v) is 17.0. The van der Waals surface area contributed by atoms with Crippen LogP contribution >= 0.6 is 12.4 Å². The number of hydrogen-bond donors (Lipinski definition) is 3. The molecule has 0 spiro atoms. The number of hydrogen-bond acceptors (Lipinski definition) is 5. The predicted octanol–water partition coefficient (Wildman–Crippen LogP) is 2.10. The number of carbonyl (C=O) groups is 3. The minimum absolute atomic E-state index is 0. The Bertz CT molecular complexity index is 723. The van der Waals surface area contributed by atoms with E-state index in [0.29, 0.717) is 23.1 Å². The highest BCUT2D eigenvalue weighted by Crippen LogP contribution is 2.47. The fourth-order valence-electron chi connectivity index (χ4n) is 4.26. The lowest BCUT2D eigenvalue weighted by molar-refractivity contribution is -0.144. The van der Waals surface area contributed by atoms with E-state index in [9.17, 15) is 14.4 Å². The van der Waals surface area contributed by atoms with Crippen LogP contribution in [0.4, 0.5) is 5.69 Å². The van der Waals surface area contributed by atoms with Gasteiger partial charge in [0.05, 0.1) is 12.5 Å². The molecule has 2 amide bonds. The average Bonchev–Trinajstić information content (AvgIpc) is 3.23. The number of nitrogens with two attached hydrogens (primary N) is 1. The summed E-state index contributed by atoms with van der Waals surface area (Å²) in [5.74, 6) is -0.155. The first-order valence-electron chi connectivity index (χ1n) is 9.54. The molecule has 0 heterocycles. The Labute approximate surface area is 171 Å². The van der Waals surface area contributed by atoms with Gasteiger partial charge < -0.3 is 21.1 Å². The SMILES string of the molecule is CCOC(=O)C(C)NC(=O)c1ccc(NC(=O)C2C3CCC(C3)C2N)cc1.Cl. The molecule has 2 bridgehead atoms. The van der Waals surface area contributed by atoms with E-state index in [4.69, 9.17) is 10.5 Å². The summed E-state index contributed by atoms with van der Waals surface area (Å²) in [6, 6.07) is 5.81. The minimum atomic E-state index is -0.726. The lowest BCUT2D eigenvalue weighted by Gasteiger charge is -2.27. The van der Waals surface area contributed by atoms with E-state index >= 15 is 0 Å². The third-order valence-corrected chi connectivity index (χ3v) is 5.69. The van der Waals surface area contributed by atoms with Crippen LogP contribution in [-0.4, -0.2) is 36.5 Å². The maximum absolute atomic E-state index is 12.6. The number of carbonyl (C=O) groups excluding carboxylic acids is 3. The number of amides is 2. The molecule has 0 aliphatic heterocycles. The molecule has 28 heavy (non-hydrogen) atoms. The third kappa shape index (κ3) is 4.64. The van der Waals surface area contributed by atoms with Gasteiger partial charge in [-0.15, -0.1) is 12.4 Å². The summed E-state index contributed by atoms with van der Waals surface area (Å²) in [5.41, 5.74) is 7.26. The number of anilines is 1. The maximum atomic E-state index is 12.6. The van der Waals surface area contributed by atoms with Crippen LogP contribution < -0.4 is 16.4 Å². The van der Waals surface area contributed by atoms with Crippen molar-refractivity contribution in [1.29, 1.82) is 0 Å². The third-order valence-electron chi connectivity index (χ3n) is 5.69. The normalized spacial score (nSPS) is 26.1. The van der Waals surface area contributed by atoms with Crippen LogP contribution in [0.5, 0.6) is 0 Å². The Kier molecular flexibility index (Phi) is 7.43. The lowest BCUT2D eigenvalue weighted by Crippen LogP contribution is -2.42. The highest BCUT2D eigenvalue weighted by Gasteiger charge is 2.49. The first-order chi connectivity index (χ1) is 12.9. The van der Waals surface area contributed by atoms with Gasteiger partial charge in [0, 0.05) is 17.3 Å². The fraction of sp³-hybridized carbons (Fsp3) is 0.550. The zero-order chi connectivity index (χ0) is 19.6. The second kappa shape index (κ2) is 9.39. The fourth-order valence-corrected chi connectivity index (χ4v) is 4.26. The molecular formula is C20H28ClN3O4. The van der Waals surface area contributed by atoms with Gasteiger partial charge in [-0.1, -0.05) is 0 Å². The summed E-state index contributed by atoms with van der Waals surface area (Å²) >= 11 is 0. The van der Waals surface area contributed by atoms with Gasteiger partial charge in [-0.2, -0.15) is 0 Å². The van der Waals surface area contributed by atoms with Crippen LogP contribution in [0.2, 0.25) is 0 Å². The summed E-state index contributed by atoms with van der Waals surface area (Å²) in [7, 11) is 0. The summed E-state index contributed by atoms with van der Waals surface area (Å²) < 4.78 is 4.87. The van der Waals surface area contributed by atoms with E-state index in [1.807, 2.05) is 0 Å². The first-order valence-corrected chi connectivity index (χ1v) is 9.54. The molecular weight excluding hydrogens is 382 g/mol. The number of halogens is 1. The number of esters is 1. The quantitative estimate of drug-likeness (QED) is 0.623. The van der Waals surface area contributed by atoms with E-state index in [1.165, 1.54) is 0 Å². The molecule has 0 saturated heterocycles. The number of nitrogens with one attached hydrogen (secondary N) is 2. The van der Waals surface area contributed by atoms with Crippen LogP contribution in [0.1, 0.15) is 43.5 Å². The monoisotopic (exact) mass is 409 g/mol.